The van der Waals surface area contributed by atoms with Crippen LogP contribution < -0.4 is 0 Å². The zero-order chi connectivity index (χ0) is 16.2. The van der Waals surface area contributed by atoms with Gasteiger partial charge in [-0.25, -0.2) is 0 Å². The van der Waals surface area contributed by atoms with Crippen LogP contribution in [0.3, 0.4) is 0 Å². The fourth-order valence-corrected chi connectivity index (χ4v) is 6.52. The molecular formula is C20H34O2. The van der Waals surface area contributed by atoms with Crippen LogP contribution in [0.25, 0.3) is 0 Å². The van der Waals surface area contributed by atoms with Gasteiger partial charge in [-0.3, -0.25) is 0 Å². The third kappa shape index (κ3) is 2.21. The van der Waals surface area contributed by atoms with Gasteiger partial charge in [0.15, 0.2) is 0 Å². The molecule has 3 aliphatic rings. The molecular weight excluding hydrogens is 272 g/mol. The van der Waals surface area contributed by atoms with Gasteiger partial charge in [0.1, 0.15) is 0 Å². The van der Waals surface area contributed by atoms with Crippen LogP contribution in [0.5, 0.6) is 0 Å². The molecule has 0 aromatic carbocycles. The number of fused-ring (bicyclic) bond motifs is 3. The molecule has 3 rings (SSSR count). The van der Waals surface area contributed by atoms with Crippen LogP contribution in [0.1, 0.15) is 72.6 Å². The van der Waals surface area contributed by atoms with Crippen LogP contribution in [0.4, 0.5) is 0 Å². The van der Waals surface area contributed by atoms with Crippen molar-refractivity contribution in [3.8, 4) is 0 Å². The molecule has 2 nitrogen and oxygen atoms in total. The minimum atomic E-state index is -0.163. The standard InChI is InChI=1S/C20H34O2/c1-6-18(3)12-8-16-19(4)11-7-10-17(2,14-21)15(19)9-13-20(16,5)22-18/h6,15-16,21H,1,7-14H2,2-5H3/t15-,16+,17+,18-,19-,20+/m0/s1. The highest BCUT2D eigenvalue weighted by molar-refractivity contribution is 5.13. The SMILES string of the molecule is C=C[C@@]1(C)CC[C@@H]2[C@@]3(C)CCC[C@](C)(CO)[C@@H]3CC[C@@]2(C)O1. The Labute approximate surface area is 136 Å². The van der Waals surface area contributed by atoms with E-state index in [1.807, 2.05) is 6.08 Å². The summed E-state index contributed by atoms with van der Waals surface area (Å²) in [7, 11) is 0. The van der Waals surface area contributed by atoms with E-state index >= 15 is 0 Å². The lowest BCUT2D eigenvalue weighted by Gasteiger charge is -2.65. The van der Waals surface area contributed by atoms with Gasteiger partial charge in [-0.2, -0.15) is 0 Å². The van der Waals surface area contributed by atoms with Gasteiger partial charge in [-0.15, -0.1) is 6.58 Å². The summed E-state index contributed by atoms with van der Waals surface area (Å²) < 4.78 is 6.65. The molecule has 0 unspecified atom stereocenters. The molecule has 126 valence electrons. The zero-order valence-electron chi connectivity index (χ0n) is 15.0. The summed E-state index contributed by atoms with van der Waals surface area (Å²) in [4.78, 5) is 0. The molecule has 0 spiro atoms. The predicted molar refractivity (Wildman–Crippen MR) is 90.7 cm³/mol. The first-order chi connectivity index (χ1) is 10.2. The van der Waals surface area contributed by atoms with Gasteiger partial charge >= 0.3 is 0 Å². The molecule has 0 amide bonds. The van der Waals surface area contributed by atoms with Crippen LogP contribution in [0.2, 0.25) is 0 Å². The smallest absolute Gasteiger partial charge is 0.0839 e. The Morgan fingerprint density at radius 3 is 2.36 bits per heavy atom. The van der Waals surface area contributed by atoms with Gasteiger partial charge in [0.2, 0.25) is 0 Å². The van der Waals surface area contributed by atoms with Crippen LogP contribution in [-0.4, -0.2) is 22.9 Å². The van der Waals surface area contributed by atoms with Gasteiger partial charge < -0.3 is 9.84 Å². The topological polar surface area (TPSA) is 29.5 Å². The Balaban J connectivity index is 1.94. The maximum atomic E-state index is 10.0. The van der Waals surface area contributed by atoms with Crippen molar-refractivity contribution in [3.05, 3.63) is 12.7 Å². The minimum absolute atomic E-state index is 0.0276. The summed E-state index contributed by atoms with van der Waals surface area (Å²) in [6.07, 6.45) is 10.3. The molecule has 1 saturated heterocycles. The fourth-order valence-electron chi connectivity index (χ4n) is 6.52. The summed E-state index contributed by atoms with van der Waals surface area (Å²) in [5.41, 5.74) is 0.224. The monoisotopic (exact) mass is 306 g/mol. The van der Waals surface area contributed by atoms with E-state index in [1.54, 1.807) is 0 Å². The number of aliphatic hydroxyl groups is 1. The van der Waals surface area contributed by atoms with Crippen molar-refractivity contribution in [3.63, 3.8) is 0 Å². The van der Waals surface area contributed by atoms with Crippen LogP contribution in [0, 0.1) is 22.7 Å². The summed E-state index contributed by atoms with van der Waals surface area (Å²) in [5, 5.41) is 10.0. The zero-order valence-corrected chi connectivity index (χ0v) is 15.0. The van der Waals surface area contributed by atoms with E-state index in [9.17, 15) is 5.11 Å². The van der Waals surface area contributed by atoms with Crippen molar-refractivity contribution < 1.29 is 9.84 Å². The van der Waals surface area contributed by atoms with Crippen molar-refractivity contribution >= 4 is 0 Å². The Kier molecular flexibility index (Phi) is 3.81. The second-order valence-corrected chi connectivity index (χ2v) is 9.29. The van der Waals surface area contributed by atoms with E-state index in [-0.39, 0.29) is 16.6 Å². The average molecular weight is 306 g/mol. The summed E-state index contributed by atoms with van der Waals surface area (Å²) in [6, 6.07) is 0. The van der Waals surface area contributed by atoms with Crippen LogP contribution in [-0.2, 0) is 4.74 Å². The normalized spacial score (nSPS) is 55.1. The minimum Gasteiger partial charge on any atom is -0.396 e. The highest BCUT2D eigenvalue weighted by Gasteiger charge is 2.61. The molecule has 1 aliphatic heterocycles. The molecule has 0 bridgehead atoms. The van der Waals surface area contributed by atoms with Crippen molar-refractivity contribution in [2.75, 3.05) is 6.61 Å². The van der Waals surface area contributed by atoms with Gasteiger partial charge in [0.25, 0.3) is 0 Å². The fraction of sp³-hybridized carbons (Fsp3) is 0.900. The average Bonchev–Trinajstić information content (AvgIpc) is 2.46. The predicted octanol–water partition coefficient (Wildman–Crippen LogP) is 4.72. The first-order valence-corrected chi connectivity index (χ1v) is 9.16. The van der Waals surface area contributed by atoms with Gasteiger partial charge in [-0.1, -0.05) is 26.3 Å². The maximum Gasteiger partial charge on any atom is 0.0839 e. The first kappa shape index (κ1) is 16.5. The van der Waals surface area contributed by atoms with Crippen LogP contribution >= 0.6 is 0 Å². The molecule has 3 fully saturated rings. The second kappa shape index (κ2) is 5.08. The first-order valence-electron chi connectivity index (χ1n) is 9.16. The summed E-state index contributed by atoms with van der Waals surface area (Å²) in [6.45, 7) is 13.7. The quantitative estimate of drug-likeness (QED) is 0.748. The lowest BCUT2D eigenvalue weighted by atomic mass is 9.44. The van der Waals surface area contributed by atoms with E-state index in [4.69, 9.17) is 4.74 Å². The molecule has 0 radical (unpaired) electrons. The molecule has 22 heavy (non-hydrogen) atoms. The van der Waals surface area contributed by atoms with Crippen molar-refractivity contribution in [1.82, 2.24) is 0 Å². The van der Waals surface area contributed by atoms with Gasteiger partial charge in [0, 0.05) is 6.61 Å². The summed E-state index contributed by atoms with van der Waals surface area (Å²) in [5.74, 6) is 1.24. The molecule has 2 aliphatic carbocycles. The lowest BCUT2D eigenvalue weighted by Crippen LogP contribution is -2.63. The van der Waals surface area contributed by atoms with Crippen molar-refractivity contribution in [2.45, 2.75) is 83.8 Å². The Hall–Kier alpha value is -0.340. The number of rotatable bonds is 2. The van der Waals surface area contributed by atoms with Crippen LogP contribution in [0.15, 0.2) is 12.7 Å². The molecule has 2 heteroatoms. The third-order valence-electron chi connectivity index (χ3n) is 7.75. The Morgan fingerprint density at radius 1 is 1.05 bits per heavy atom. The summed E-state index contributed by atoms with van der Waals surface area (Å²) >= 11 is 0. The maximum absolute atomic E-state index is 10.0. The molecule has 0 aromatic heterocycles. The molecule has 2 saturated carbocycles. The van der Waals surface area contributed by atoms with E-state index in [2.05, 4.69) is 34.3 Å². The molecule has 6 atom stereocenters. The third-order valence-corrected chi connectivity index (χ3v) is 7.75. The molecule has 0 aromatic rings. The Bertz CT molecular complexity index is 461. The van der Waals surface area contributed by atoms with Gasteiger partial charge in [-0.05, 0) is 75.0 Å². The number of hydrogen-bond donors (Lipinski definition) is 1. The van der Waals surface area contributed by atoms with Crippen molar-refractivity contribution in [2.24, 2.45) is 22.7 Å². The lowest BCUT2D eigenvalue weighted by molar-refractivity contribution is -0.256. The van der Waals surface area contributed by atoms with Gasteiger partial charge in [0.05, 0.1) is 11.2 Å². The number of aliphatic hydroxyl groups excluding tert-OH is 1. The van der Waals surface area contributed by atoms with E-state index < -0.39 is 0 Å². The highest BCUT2D eigenvalue weighted by atomic mass is 16.5. The highest BCUT2D eigenvalue weighted by Crippen LogP contribution is 2.65. The van der Waals surface area contributed by atoms with Crippen molar-refractivity contribution in [1.29, 1.82) is 0 Å². The molecule has 1 N–H and O–H groups in total. The second-order valence-electron chi connectivity index (χ2n) is 9.29. The number of ether oxygens (including phenoxy) is 1. The Morgan fingerprint density at radius 2 is 1.73 bits per heavy atom. The van der Waals surface area contributed by atoms with E-state index in [0.717, 1.165) is 12.8 Å². The number of hydrogen-bond acceptors (Lipinski definition) is 2. The van der Waals surface area contributed by atoms with E-state index in [1.165, 1.54) is 32.1 Å². The van der Waals surface area contributed by atoms with E-state index in [0.29, 0.717) is 23.9 Å². The molecule has 1 heterocycles. The largest absolute Gasteiger partial charge is 0.396 e.